The lowest BCUT2D eigenvalue weighted by molar-refractivity contribution is 0.0696. The van der Waals surface area contributed by atoms with E-state index in [1.165, 1.54) is 23.9 Å². The Morgan fingerprint density at radius 2 is 2.18 bits per heavy atom. The highest BCUT2D eigenvalue weighted by molar-refractivity contribution is 7.98. The number of aliphatic hydroxyl groups excluding tert-OH is 2. The predicted molar refractivity (Wildman–Crippen MR) is 62.6 cm³/mol. The van der Waals surface area contributed by atoms with Crippen molar-refractivity contribution in [1.82, 2.24) is 0 Å². The van der Waals surface area contributed by atoms with Gasteiger partial charge in [-0.3, -0.25) is 0 Å². The average Bonchev–Trinajstić information content (AvgIpc) is 2.30. The summed E-state index contributed by atoms with van der Waals surface area (Å²) in [5, 5.41) is 26.4. The number of carboxylic acid groups (broad SMARTS) is 1. The van der Waals surface area contributed by atoms with Crippen LogP contribution < -0.4 is 0 Å². The van der Waals surface area contributed by atoms with Gasteiger partial charge in [-0.05, 0) is 23.8 Å². The van der Waals surface area contributed by atoms with Gasteiger partial charge in [0, 0.05) is 11.5 Å². The Kier molecular flexibility index (Phi) is 5.40. The summed E-state index contributed by atoms with van der Waals surface area (Å²) in [6, 6.07) is 3.59. The standard InChI is InChI=1S/C11H13FO4S/c12-10-2-1-7(11(15)16)3-8(10)5-17-6-9(14)4-13/h1-3,9,13-14H,4-6H2,(H,15,16). The highest BCUT2D eigenvalue weighted by Crippen LogP contribution is 2.18. The maximum Gasteiger partial charge on any atom is 0.335 e. The Labute approximate surface area is 102 Å². The molecule has 0 fully saturated rings. The molecule has 0 bridgehead atoms. The lowest BCUT2D eigenvalue weighted by Crippen LogP contribution is -2.14. The van der Waals surface area contributed by atoms with Crippen molar-refractivity contribution in [3.63, 3.8) is 0 Å². The van der Waals surface area contributed by atoms with Crippen molar-refractivity contribution in [1.29, 1.82) is 0 Å². The first-order valence-corrected chi connectivity index (χ1v) is 6.08. The molecular weight excluding hydrogens is 247 g/mol. The van der Waals surface area contributed by atoms with Gasteiger partial charge < -0.3 is 15.3 Å². The van der Waals surface area contributed by atoms with E-state index in [0.29, 0.717) is 0 Å². The lowest BCUT2D eigenvalue weighted by atomic mass is 10.1. The molecule has 17 heavy (non-hydrogen) atoms. The van der Waals surface area contributed by atoms with Gasteiger partial charge in [0.1, 0.15) is 5.82 Å². The number of benzene rings is 1. The summed E-state index contributed by atoms with van der Waals surface area (Å²) < 4.78 is 13.3. The molecule has 1 atom stereocenters. The molecule has 0 aromatic heterocycles. The molecule has 94 valence electrons. The molecule has 0 aliphatic rings. The molecule has 1 unspecified atom stereocenters. The molecule has 1 aromatic rings. The zero-order valence-electron chi connectivity index (χ0n) is 8.97. The summed E-state index contributed by atoms with van der Waals surface area (Å²) in [6.45, 7) is -0.343. The fourth-order valence-electron chi connectivity index (χ4n) is 1.18. The summed E-state index contributed by atoms with van der Waals surface area (Å²) >= 11 is 1.23. The Morgan fingerprint density at radius 3 is 2.76 bits per heavy atom. The highest BCUT2D eigenvalue weighted by Gasteiger charge is 2.09. The van der Waals surface area contributed by atoms with E-state index in [0.717, 1.165) is 6.07 Å². The molecule has 0 spiro atoms. The number of hydrogen-bond acceptors (Lipinski definition) is 4. The summed E-state index contributed by atoms with van der Waals surface area (Å²) in [7, 11) is 0. The van der Waals surface area contributed by atoms with Crippen LogP contribution in [-0.2, 0) is 5.75 Å². The minimum atomic E-state index is -1.10. The van der Waals surface area contributed by atoms with Crippen LogP contribution in [0.3, 0.4) is 0 Å². The van der Waals surface area contributed by atoms with Crippen molar-refractivity contribution >= 4 is 17.7 Å². The first-order chi connectivity index (χ1) is 8.04. The van der Waals surface area contributed by atoms with Crippen LogP contribution in [0.1, 0.15) is 15.9 Å². The Hall–Kier alpha value is -1.11. The minimum absolute atomic E-state index is 0.0321. The second kappa shape index (κ2) is 6.58. The fraction of sp³-hybridized carbons (Fsp3) is 0.364. The molecule has 0 saturated carbocycles. The van der Waals surface area contributed by atoms with Gasteiger partial charge in [-0.15, -0.1) is 0 Å². The number of hydrogen-bond donors (Lipinski definition) is 3. The van der Waals surface area contributed by atoms with E-state index in [-0.39, 0.29) is 29.2 Å². The van der Waals surface area contributed by atoms with Crippen molar-refractivity contribution in [2.45, 2.75) is 11.9 Å². The molecule has 4 nitrogen and oxygen atoms in total. The molecule has 0 aliphatic carbocycles. The number of aromatic carboxylic acids is 1. The highest BCUT2D eigenvalue weighted by atomic mass is 32.2. The van der Waals surface area contributed by atoms with Gasteiger partial charge in [0.2, 0.25) is 0 Å². The smallest absolute Gasteiger partial charge is 0.335 e. The zero-order chi connectivity index (χ0) is 12.8. The van der Waals surface area contributed by atoms with Gasteiger partial charge in [0.15, 0.2) is 0 Å². The van der Waals surface area contributed by atoms with Gasteiger partial charge >= 0.3 is 5.97 Å². The van der Waals surface area contributed by atoms with Crippen molar-refractivity contribution in [2.75, 3.05) is 12.4 Å². The first-order valence-electron chi connectivity index (χ1n) is 4.93. The molecule has 0 aliphatic heterocycles. The van der Waals surface area contributed by atoms with E-state index in [1.807, 2.05) is 0 Å². The molecule has 3 N–H and O–H groups in total. The lowest BCUT2D eigenvalue weighted by Gasteiger charge is -2.07. The number of carbonyl (C=O) groups is 1. The SMILES string of the molecule is O=C(O)c1ccc(F)c(CSCC(O)CO)c1. The predicted octanol–water partition coefficient (Wildman–Crippen LogP) is 1.11. The number of rotatable bonds is 6. The summed E-state index contributed by atoms with van der Waals surface area (Å²) in [5.41, 5.74) is 0.310. The van der Waals surface area contributed by atoms with Crippen molar-refractivity contribution < 1.29 is 24.5 Å². The van der Waals surface area contributed by atoms with Crippen LogP contribution in [-0.4, -0.2) is 39.8 Å². The second-order valence-corrected chi connectivity index (χ2v) is 4.49. The van der Waals surface area contributed by atoms with Gasteiger partial charge in [-0.1, -0.05) is 0 Å². The average molecular weight is 260 g/mol. The second-order valence-electron chi connectivity index (χ2n) is 3.46. The van der Waals surface area contributed by atoms with Crippen LogP contribution in [0.2, 0.25) is 0 Å². The van der Waals surface area contributed by atoms with Crippen LogP contribution >= 0.6 is 11.8 Å². The van der Waals surface area contributed by atoms with Gasteiger partial charge in [-0.2, -0.15) is 11.8 Å². The van der Waals surface area contributed by atoms with E-state index >= 15 is 0 Å². The topological polar surface area (TPSA) is 77.8 Å². The van der Waals surface area contributed by atoms with E-state index in [9.17, 15) is 9.18 Å². The number of thioether (sulfide) groups is 1. The van der Waals surface area contributed by atoms with Crippen LogP contribution in [0.5, 0.6) is 0 Å². The molecule has 1 aromatic carbocycles. The van der Waals surface area contributed by atoms with Crippen LogP contribution in [0.25, 0.3) is 0 Å². The molecule has 0 radical (unpaired) electrons. The first kappa shape index (κ1) is 14.0. The molecule has 0 heterocycles. The minimum Gasteiger partial charge on any atom is -0.478 e. The number of halogens is 1. The van der Waals surface area contributed by atoms with Gasteiger partial charge in [0.25, 0.3) is 0 Å². The monoisotopic (exact) mass is 260 g/mol. The van der Waals surface area contributed by atoms with Crippen LogP contribution in [0.15, 0.2) is 18.2 Å². The number of aliphatic hydroxyl groups is 2. The third kappa shape index (κ3) is 4.33. The normalized spacial score (nSPS) is 12.4. The van der Waals surface area contributed by atoms with E-state index in [1.54, 1.807) is 0 Å². The van der Waals surface area contributed by atoms with E-state index in [4.69, 9.17) is 15.3 Å². The van der Waals surface area contributed by atoms with E-state index in [2.05, 4.69) is 0 Å². The van der Waals surface area contributed by atoms with Crippen molar-refractivity contribution in [2.24, 2.45) is 0 Å². The Bertz CT molecular complexity index is 397. The molecule has 6 heteroatoms. The Balaban J connectivity index is 2.63. The Morgan fingerprint density at radius 1 is 1.47 bits per heavy atom. The maximum atomic E-state index is 13.3. The molecule has 1 rings (SSSR count). The largest absolute Gasteiger partial charge is 0.478 e. The zero-order valence-corrected chi connectivity index (χ0v) is 9.78. The summed E-state index contributed by atoms with van der Waals surface area (Å²) in [4.78, 5) is 10.7. The van der Waals surface area contributed by atoms with Crippen molar-refractivity contribution in [3.8, 4) is 0 Å². The summed E-state index contributed by atoms with van der Waals surface area (Å²) in [5.74, 6) is -1.05. The van der Waals surface area contributed by atoms with Crippen LogP contribution in [0.4, 0.5) is 4.39 Å². The summed E-state index contributed by atoms with van der Waals surface area (Å²) in [6.07, 6.45) is -0.842. The van der Waals surface area contributed by atoms with Crippen molar-refractivity contribution in [3.05, 3.63) is 35.1 Å². The third-order valence-corrected chi connectivity index (χ3v) is 3.21. The van der Waals surface area contributed by atoms with Crippen LogP contribution in [0, 0.1) is 5.82 Å². The molecular formula is C11H13FO4S. The molecule has 0 amide bonds. The number of carboxylic acids is 1. The molecule has 0 saturated heterocycles. The quantitative estimate of drug-likeness (QED) is 0.714. The fourth-order valence-corrected chi connectivity index (χ4v) is 2.11. The van der Waals surface area contributed by atoms with Gasteiger partial charge in [-0.25, -0.2) is 9.18 Å². The third-order valence-electron chi connectivity index (χ3n) is 2.07. The van der Waals surface area contributed by atoms with E-state index < -0.39 is 17.9 Å². The van der Waals surface area contributed by atoms with Gasteiger partial charge in [0.05, 0.1) is 18.3 Å². The maximum absolute atomic E-state index is 13.3.